The summed E-state index contributed by atoms with van der Waals surface area (Å²) < 4.78 is 26.6. The van der Waals surface area contributed by atoms with Crippen molar-refractivity contribution >= 4 is 21.5 Å². The number of sulfonamides is 1. The highest BCUT2D eigenvalue weighted by molar-refractivity contribution is 7.89. The van der Waals surface area contributed by atoms with Gasteiger partial charge >= 0.3 is 0 Å². The summed E-state index contributed by atoms with van der Waals surface area (Å²) in [4.78, 5) is 14.0. The van der Waals surface area contributed by atoms with Gasteiger partial charge in [0.05, 0.1) is 11.7 Å². The SMILES string of the molecule is CNS(=O)(=O)c1ccccc1N1CCCCC1C(C)=O. The van der Waals surface area contributed by atoms with Gasteiger partial charge in [0, 0.05) is 6.54 Å². The van der Waals surface area contributed by atoms with Crippen molar-refractivity contribution in [3.8, 4) is 0 Å². The minimum atomic E-state index is -3.53. The van der Waals surface area contributed by atoms with Gasteiger partial charge in [-0.25, -0.2) is 13.1 Å². The normalized spacial score (nSPS) is 19.9. The number of anilines is 1. The first-order chi connectivity index (χ1) is 9.47. The number of carbonyl (C=O) groups excluding carboxylic acids is 1. The molecule has 0 radical (unpaired) electrons. The Labute approximate surface area is 120 Å². The summed E-state index contributed by atoms with van der Waals surface area (Å²) in [6.45, 7) is 2.28. The number of nitrogens with one attached hydrogen (secondary N) is 1. The number of ketones is 1. The zero-order chi connectivity index (χ0) is 14.8. The molecule has 1 aliphatic rings. The molecule has 1 atom stereocenters. The lowest BCUT2D eigenvalue weighted by Crippen LogP contribution is -2.44. The van der Waals surface area contributed by atoms with Gasteiger partial charge < -0.3 is 4.90 Å². The Morgan fingerprint density at radius 3 is 2.65 bits per heavy atom. The number of para-hydroxylation sites is 1. The van der Waals surface area contributed by atoms with Crippen LogP contribution in [-0.2, 0) is 14.8 Å². The number of benzene rings is 1. The molecule has 0 aliphatic carbocycles. The van der Waals surface area contributed by atoms with E-state index in [1.165, 1.54) is 7.05 Å². The smallest absolute Gasteiger partial charge is 0.242 e. The Morgan fingerprint density at radius 2 is 2.00 bits per heavy atom. The molecule has 110 valence electrons. The van der Waals surface area contributed by atoms with Gasteiger partial charge in [-0.05, 0) is 45.4 Å². The minimum absolute atomic E-state index is 0.0846. The van der Waals surface area contributed by atoms with Crippen LogP contribution in [0, 0.1) is 0 Å². The minimum Gasteiger partial charge on any atom is -0.360 e. The number of hydrogen-bond acceptors (Lipinski definition) is 4. The van der Waals surface area contributed by atoms with E-state index >= 15 is 0 Å². The fourth-order valence-electron chi connectivity index (χ4n) is 2.67. The lowest BCUT2D eigenvalue weighted by molar-refractivity contribution is -0.118. The summed E-state index contributed by atoms with van der Waals surface area (Å²) in [7, 11) is -2.14. The van der Waals surface area contributed by atoms with Crippen LogP contribution < -0.4 is 9.62 Å². The van der Waals surface area contributed by atoms with Crippen LogP contribution in [0.4, 0.5) is 5.69 Å². The third-order valence-electron chi connectivity index (χ3n) is 3.70. The van der Waals surface area contributed by atoms with Crippen molar-refractivity contribution in [3.05, 3.63) is 24.3 Å². The fourth-order valence-corrected chi connectivity index (χ4v) is 3.61. The van der Waals surface area contributed by atoms with E-state index < -0.39 is 10.0 Å². The average Bonchev–Trinajstić information content (AvgIpc) is 2.47. The summed E-state index contributed by atoms with van der Waals surface area (Å²) in [6.07, 6.45) is 2.75. The highest BCUT2D eigenvalue weighted by Gasteiger charge is 2.29. The Morgan fingerprint density at radius 1 is 1.30 bits per heavy atom. The Balaban J connectivity index is 2.49. The van der Waals surface area contributed by atoms with Crippen LogP contribution >= 0.6 is 0 Å². The highest BCUT2D eigenvalue weighted by atomic mass is 32.2. The van der Waals surface area contributed by atoms with Crippen molar-refractivity contribution in [3.63, 3.8) is 0 Å². The lowest BCUT2D eigenvalue weighted by atomic mass is 9.98. The fraction of sp³-hybridized carbons (Fsp3) is 0.500. The zero-order valence-corrected chi connectivity index (χ0v) is 12.6. The Hall–Kier alpha value is -1.40. The van der Waals surface area contributed by atoms with E-state index in [0.29, 0.717) is 12.2 Å². The molecular formula is C14H20N2O3S. The van der Waals surface area contributed by atoms with E-state index in [0.717, 1.165) is 19.3 Å². The van der Waals surface area contributed by atoms with Crippen LogP contribution in [0.25, 0.3) is 0 Å². The zero-order valence-electron chi connectivity index (χ0n) is 11.8. The molecule has 1 N–H and O–H groups in total. The number of nitrogens with zero attached hydrogens (tertiary/aromatic N) is 1. The second kappa shape index (κ2) is 5.93. The van der Waals surface area contributed by atoms with E-state index in [-0.39, 0.29) is 16.7 Å². The maximum atomic E-state index is 12.1. The van der Waals surface area contributed by atoms with E-state index in [1.807, 2.05) is 4.90 Å². The second-order valence-electron chi connectivity index (χ2n) is 4.99. The van der Waals surface area contributed by atoms with Crippen LogP contribution in [0.15, 0.2) is 29.2 Å². The molecule has 1 unspecified atom stereocenters. The molecule has 20 heavy (non-hydrogen) atoms. The van der Waals surface area contributed by atoms with Crippen LogP contribution in [0.1, 0.15) is 26.2 Å². The second-order valence-corrected chi connectivity index (χ2v) is 6.85. The van der Waals surface area contributed by atoms with Gasteiger partial charge in [-0.3, -0.25) is 4.79 Å². The molecule has 1 saturated heterocycles. The van der Waals surface area contributed by atoms with Crippen molar-refractivity contribution in [2.75, 3.05) is 18.5 Å². The van der Waals surface area contributed by atoms with Gasteiger partial charge in [-0.15, -0.1) is 0 Å². The van der Waals surface area contributed by atoms with Gasteiger partial charge in [-0.1, -0.05) is 12.1 Å². The van der Waals surface area contributed by atoms with E-state index in [4.69, 9.17) is 0 Å². The summed E-state index contributed by atoms with van der Waals surface area (Å²) in [5.41, 5.74) is 0.613. The number of piperidine rings is 1. The van der Waals surface area contributed by atoms with Crippen molar-refractivity contribution in [2.24, 2.45) is 0 Å². The molecule has 2 rings (SSSR count). The van der Waals surface area contributed by atoms with Gasteiger partial charge in [-0.2, -0.15) is 0 Å². The van der Waals surface area contributed by atoms with E-state index in [2.05, 4.69) is 4.72 Å². The van der Waals surface area contributed by atoms with Gasteiger partial charge in [0.2, 0.25) is 10.0 Å². The number of hydrogen-bond donors (Lipinski definition) is 1. The maximum absolute atomic E-state index is 12.1. The van der Waals surface area contributed by atoms with E-state index in [9.17, 15) is 13.2 Å². The lowest BCUT2D eigenvalue weighted by Gasteiger charge is -2.37. The van der Waals surface area contributed by atoms with Crippen molar-refractivity contribution < 1.29 is 13.2 Å². The van der Waals surface area contributed by atoms with Crippen molar-refractivity contribution in [1.82, 2.24) is 4.72 Å². The predicted octanol–water partition coefficient (Wildman–Crippen LogP) is 1.54. The first-order valence-corrected chi connectivity index (χ1v) is 8.25. The molecule has 1 aromatic carbocycles. The number of rotatable bonds is 4. The molecule has 0 aromatic heterocycles. The molecule has 0 spiro atoms. The quantitative estimate of drug-likeness (QED) is 0.915. The third-order valence-corrected chi connectivity index (χ3v) is 5.17. The Bertz CT molecular complexity index is 598. The van der Waals surface area contributed by atoms with Crippen LogP contribution in [-0.4, -0.2) is 33.8 Å². The van der Waals surface area contributed by atoms with Crippen LogP contribution in [0.2, 0.25) is 0 Å². The van der Waals surface area contributed by atoms with Gasteiger partial charge in [0.25, 0.3) is 0 Å². The highest BCUT2D eigenvalue weighted by Crippen LogP contribution is 2.30. The molecule has 1 aliphatic heterocycles. The maximum Gasteiger partial charge on any atom is 0.242 e. The molecule has 6 heteroatoms. The van der Waals surface area contributed by atoms with Crippen LogP contribution in [0.5, 0.6) is 0 Å². The largest absolute Gasteiger partial charge is 0.360 e. The molecular weight excluding hydrogens is 276 g/mol. The summed E-state index contributed by atoms with van der Waals surface area (Å²) in [5, 5.41) is 0. The first kappa shape index (κ1) is 15.0. The topological polar surface area (TPSA) is 66.5 Å². The average molecular weight is 296 g/mol. The summed E-state index contributed by atoms with van der Waals surface area (Å²) in [5.74, 6) is 0.0846. The molecule has 0 bridgehead atoms. The molecule has 1 heterocycles. The number of Topliss-reactive ketones (excluding diaryl/α,β-unsaturated/α-hetero) is 1. The van der Waals surface area contributed by atoms with Gasteiger partial charge in [0.15, 0.2) is 5.78 Å². The molecule has 5 nitrogen and oxygen atoms in total. The molecule has 1 fully saturated rings. The Kier molecular flexibility index (Phi) is 4.45. The van der Waals surface area contributed by atoms with Crippen molar-refractivity contribution in [1.29, 1.82) is 0 Å². The molecule has 0 amide bonds. The standard InChI is InChI=1S/C14H20N2O3S/c1-11(17)12-7-5-6-10-16(12)13-8-3-4-9-14(13)20(18,19)15-2/h3-4,8-9,12,15H,5-7,10H2,1-2H3. The number of carbonyl (C=O) groups is 1. The monoisotopic (exact) mass is 296 g/mol. The molecule has 1 aromatic rings. The van der Waals surface area contributed by atoms with Gasteiger partial charge in [0.1, 0.15) is 4.90 Å². The third kappa shape index (κ3) is 2.86. The van der Waals surface area contributed by atoms with Crippen LogP contribution in [0.3, 0.4) is 0 Å². The first-order valence-electron chi connectivity index (χ1n) is 6.77. The van der Waals surface area contributed by atoms with E-state index in [1.54, 1.807) is 31.2 Å². The summed E-state index contributed by atoms with van der Waals surface area (Å²) in [6, 6.07) is 6.62. The van der Waals surface area contributed by atoms with Crippen molar-refractivity contribution in [2.45, 2.75) is 37.1 Å². The summed E-state index contributed by atoms with van der Waals surface area (Å²) >= 11 is 0. The molecule has 0 saturated carbocycles. The predicted molar refractivity (Wildman–Crippen MR) is 78.4 cm³/mol.